The summed E-state index contributed by atoms with van der Waals surface area (Å²) in [5, 5.41) is 0. The molecule has 1 saturated heterocycles. The van der Waals surface area contributed by atoms with E-state index in [2.05, 4.69) is 6.92 Å². The minimum atomic E-state index is -0.277. The summed E-state index contributed by atoms with van der Waals surface area (Å²) < 4.78 is 11.4. The average Bonchev–Trinajstić information content (AvgIpc) is 2.48. The highest BCUT2D eigenvalue weighted by atomic mass is 35.5. The molecule has 2 nitrogen and oxygen atoms in total. The van der Waals surface area contributed by atoms with Crippen LogP contribution in [0.25, 0.3) is 0 Å². The molecule has 1 heterocycles. The lowest BCUT2D eigenvalue weighted by Crippen LogP contribution is -2.33. The number of fused-ring (bicyclic) bond motifs is 2. The van der Waals surface area contributed by atoms with E-state index >= 15 is 0 Å². The summed E-state index contributed by atoms with van der Waals surface area (Å²) in [6.07, 6.45) is 2.22. The van der Waals surface area contributed by atoms with Gasteiger partial charge in [-0.2, -0.15) is 0 Å². The minimum Gasteiger partial charge on any atom is -0.347 e. The molecule has 0 aromatic rings. The second-order valence-corrected chi connectivity index (χ2v) is 5.10. The Morgan fingerprint density at radius 2 is 2.00 bits per heavy atom. The zero-order valence-corrected chi connectivity index (χ0v) is 7.93. The normalized spacial score (nSPS) is 54.5. The van der Waals surface area contributed by atoms with Crippen LogP contribution < -0.4 is 0 Å². The molecule has 2 saturated carbocycles. The van der Waals surface area contributed by atoms with Gasteiger partial charge in [0.25, 0.3) is 0 Å². The largest absolute Gasteiger partial charge is 0.347 e. The van der Waals surface area contributed by atoms with Crippen LogP contribution in [-0.2, 0) is 9.47 Å². The fourth-order valence-corrected chi connectivity index (χ4v) is 3.55. The molecule has 0 amide bonds. The molecule has 0 N–H and O–H groups in total. The van der Waals surface area contributed by atoms with Crippen molar-refractivity contribution in [2.24, 2.45) is 11.8 Å². The molecule has 3 aliphatic rings. The van der Waals surface area contributed by atoms with Gasteiger partial charge in [0, 0.05) is 12.3 Å². The molecule has 0 aromatic carbocycles. The summed E-state index contributed by atoms with van der Waals surface area (Å²) in [4.78, 5) is -0.0391. The standard InChI is InChI=1S/C9H13ClO2/c1-8(10)6-2-3-9(7(6)8)11-4-5-12-9/h6-7H,2-5H2,1H3/t6-,7+,8?/m1/s1. The van der Waals surface area contributed by atoms with Crippen molar-refractivity contribution in [3.8, 4) is 0 Å². The van der Waals surface area contributed by atoms with Crippen LogP contribution in [-0.4, -0.2) is 23.9 Å². The van der Waals surface area contributed by atoms with E-state index in [-0.39, 0.29) is 10.7 Å². The maximum atomic E-state index is 6.32. The molecule has 2 aliphatic carbocycles. The van der Waals surface area contributed by atoms with Crippen LogP contribution in [0.15, 0.2) is 0 Å². The van der Waals surface area contributed by atoms with Gasteiger partial charge in [0.05, 0.1) is 18.1 Å². The highest BCUT2D eigenvalue weighted by molar-refractivity contribution is 6.26. The van der Waals surface area contributed by atoms with E-state index in [4.69, 9.17) is 21.1 Å². The van der Waals surface area contributed by atoms with Gasteiger partial charge < -0.3 is 9.47 Å². The third kappa shape index (κ3) is 0.699. The zero-order chi connectivity index (χ0) is 8.40. The van der Waals surface area contributed by atoms with Crippen molar-refractivity contribution >= 4 is 11.6 Å². The summed E-state index contributed by atoms with van der Waals surface area (Å²) in [5.74, 6) is 0.813. The first-order valence-electron chi connectivity index (χ1n) is 4.64. The molecule has 68 valence electrons. The Hall–Kier alpha value is 0.210. The van der Waals surface area contributed by atoms with E-state index in [9.17, 15) is 0 Å². The monoisotopic (exact) mass is 188 g/mol. The number of hydrogen-bond acceptors (Lipinski definition) is 2. The summed E-state index contributed by atoms with van der Waals surface area (Å²) in [6, 6.07) is 0. The molecule has 3 atom stereocenters. The van der Waals surface area contributed by atoms with Crippen LogP contribution in [0, 0.1) is 11.8 Å². The van der Waals surface area contributed by atoms with Gasteiger partial charge in [-0.05, 0) is 19.3 Å². The van der Waals surface area contributed by atoms with Crippen LogP contribution >= 0.6 is 11.6 Å². The topological polar surface area (TPSA) is 18.5 Å². The van der Waals surface area contributed by atoms with Gasteiger partial charge in [0.15, 0.2) is 5.79 Å². The molecular formula is C9H13ClO2. The predicted molar refractivity (Wildman–Crippen MR) is 45.1 cm³/mol. The highest BCUT2D eigenvalue weighted by Gasteiger charge is 2.74. The van der Waals surface area contributed by atoms with E-state index in [1.807, 2.05) is 0 Å². The van der Waals surface area contributed by atoms with Gasteiger partial charge in [-0.25, -0.2) is 0 Å². The van der Waals surface area contributed by atoms with E-state index in [1.54, 1.807) is 0 Å². The molecule has 1 spiro atoms. The molecule has 12 heavy (non-hydrogen) atoms. The van der Waals surface area contributed by atoms with Gasteiger partial charge >= 0.3 is 0 Å². The highest BCUT2D eigenvalue weighted by Crippen LogP contribution is 2.70. The lowest BCUT2D eigenvalue weighted by atomic mass is 10.1. The van der Waals surface area contributed by atoms with Crippen molar-refractivity contribution in [3.05, 3.63) is 0 Å². The molecule has 1 unspecified atom stereocenters. The maximum absolute atomic E-state index is 6.32. The summed E-state index contributed by atoms with van der Waals surface area (Å²) in [5.41, 5.74) is 0. The SMILES string of the molecule is CC1(Cl)[C@@H]2CCC3(OCCO3)[C@@H]21. The van der Waals surface area contributed by atoms with Gasteiger partial charge in [-0.3, -0.25) is 0 Å². The lowest BCUT2D eigenvalue weighted by Gasteiger charge is -2.26. The first kappa shape index (κ1) is 7.60. The summed E-state index contributed by atoms with van der Waals surface area (Å²) in [6.45, 7) is 3.60. The molecule has 3 fully saturated rings. The van der Waals surface area contributed by atoms with Crippen molar-refractivity contribution in [3.63, 3.8) is 0 Å². The number of halogens is 1. The Labute approximate surface area is 77.2 Å². The second-order valence-electron chi connectivity index (χ2n) is 4.28. The van der Waals surface area contributed by atoms with Crippen molar-refractivity contribution in [2.45, 2.75) is 30.4 Å². The summed E-state index contributed by atoms with van der Waals surface area (Å²) in [7, 11) is 0. The molecular weight excluding hydrogens is 176 g/mol. The van der Waals surface area contributed by atoms with E-state index < -0.39 is 0 Å². The first-order chi connectivity index (χ1) is 5.67. The van der Waals surface area contributed by atoms with E-state index in [1.165, 1.54) is 6.42 Å². The van der Waals surface area contributed by atoms with Crippen LogP contribution in [0.5, 0.6) is 0 Å². The molecule has 0 radical (unpaired) electrons. The molecule has 0 aromatic heterocycles. The number of ether oxygens (including phenoxy) is 2. The van der Waals surface area contributed by atoms with Crippen LogP contribution in [0.2, 0.25) is 0 Å². The van der Waals surface area contributed by atoms with E-state index in [0.717, 1.165) is 19.6 Å². The van der Waals surface area contributed by atoms with Crippen LogP contribution in [0.1, 0.15) is 19.8 Å². The van der Waals surface area contributed by atoms with Crippen molar-refractivity contribution in [1.29, 1.82) is 0 Å². The number of hydrogen-bond donors (Lipinski definition) is 0. The predicted octanol–water partition coefficient (Wildman–Crippen LogP) is 1.77. The fourth-order valence-electron chi connectivity index (χ4n) is 3.06. The minimum absolute atomic E-state index is 0.0391. The Bertz CT molecular complexity index is 215. The van der Waals surface area contributed by atoms with Gasteiger partial charge in [-0.15, -0.1) is 11.6 Å². The average molecular weight is 189 g/mol. The molecule has 3 heteroatoms. The zero-order valence-electron chi connectivity index (χ0n) is 7.18. The third-order valence-electron chi connectivity index (χ3n) is 3.68. The summed E-state index contributed by atoms with van der Waals surface area (Å²) >= 11 is 6.32. The van der Waals surface area contributed by atoms with Crippen molar-refractivity contribution < 1.29 is 9.47 Å². The van der Waals surface area contributed by atoms with Crippen molar-refractivity contribution in [1.82, 2.24) is 0 Å². The van der Waals surface area contributed by atoms with Crippen LogP contribution in [0.3, 0.4) is 0 Å². The Kier molecular flexibility index (Phi) is 1.26. The first-order valence-corrected chi connectivity index (χ1v) is 5.01. The Balaban J connectivity index is 1.90. The smallest absolute Gasteiger partial charge is 0.173 e. The third-order valence-corrected chi connectivity index (χ3v) is 4.20. The maximum Gasteiger partial charge on any atom is 0.173 e. The number of alkyl halides is 1. The number of rotatable bonds is 0. The molecule has 1 aliphatic heterocycles. The fraction of sp³-hybridized carbons (Fsp3) is 1.00. The lowest BCUT2D eigenvalue weighted by molar-refractivity contribution is -0.168. The van der Waals surface area contributed by atoms with Crippen molar-refractivity contribution in [2.75, 3.05) is 13.2 Å². The Morgan fingerprint density at radius 3 is 2.50 bits per heavy atom. The quantitative estimate of drug-likeness (QED) is 0.540. The molecule has 0 bridgehead atoms. The van der Waals surface area contributed by atoms with Gasteiger partial charge in [0.2, 0.25) is 0 Å². The Morgan fingerprint density at radius 1 is 1.33 bits per heavy atom. The molecule has 3 rings (SSSR count). The van der Waals surface area contributed by atoms with Crippen LogP contribution in [0.4, 0.5) is 0 Å². The van der Waals surface area contributed by atoms with Gasteiger partial charge in [-0.1, -0.05) is 0 Å². The second kappa shape index (κ2) is 1.99. The van der Waals surface area contributed by atoms with Gasteiger partial charge in [0.1, 0.15) is 0 Å². The van der Waals surface area contributed by atoms with E-state index in [0.29, 0.717) is 11.8 Å².